The van der Waals surface area contributed by atoms with Crippen molar-refractivity contribution in [2.45, 2.75) is 78.4 Å². The van der Waals surface area contributed by atoms with E-state index >= 15 is 0 Å². The highest BCUT2D eigenvalue weighted by Crippen LogP contribution is 2.42. The van der Waals surface area contributed by atoms with Gasteiger partial charge in [0.25, 0.3) is 0 Å². The van der Waals surface area contributed by atoms with Crippen molar-refractivity contribution in [1.82, 2.24) is 4.98 Å². The highest BCUT2D eigenvalue weighted by molar-refractivity contribution is 6.77. The normalized spacial score (nSPS) is 13.7. The first kappa shape index (κ1) is 19.2. The lowest BCUT2D eigenvalue weighted by atomic mass is 10.2. The average molecular weight is 324 g/mol. The minimum Gasteiger partial charge on any atom is -0.449 e. The second-order valence-electron chi connectivity index (χ2n) is 7.20. The molecule has 0 saturated carbocycles. The lowest BCUT2D eigenvalue weighted by Crippen LogP contribution is -2.47. The Morgan fingerprint density at radius 2 is 1.73 bits per heavy atom. The molecule has 0 N–H and O–H groups in total. The van der Waals surface area contributed by atoms with Crippen molar-refractivity contribution in [1.29, 1.82) is 0 Å². The molecular formula is C18H33NO2Si. The molecule has 126 valence electrons. The zero-order valence-electron chi connectivity index (χ0n) is 15.6. The molecule has 1 rings (SSSR count). The van der Waals surface area contributed by atoms with Gasteiger partial charge < -0.3 is 8.84 Å². The minimum absolute atomic E-state index is 0.634. The quantitative estimate of drug-likeness (QED) is 0.553. The molecule has 0 aliphatic heterocycles. The molecule has 0 aliphatic carbocycles. The molecule has 0 amide bonds. The summed E-state index contributed by atoms with van der Waals surface area (Å²) in [7, 11) is -1.74. The van der Waals surface area contributed by atoms with Gasteiger partial charge in [0, 0.05) is 13.5 Å². The Bertz CT molecular complexity index is 467. The van der Waals surface area contributed by atoms with E-state index in [0.29, 0.717) is 22.5 Å². The molecule has 0 spiro atoms. The van der Waals surface area contributed by atoms with Crippen LogP contribution in [0.4, 0.5) is 0 Å². The maximum absolute atomic E-state index is 6.58. The van der Waals surface area contributed by atoms with E-state index in [9.17, 15) is 0 Å². The van der Waals surface area contributed by atoms with Gasteiger partial charge in [-0.2, -0.15) is 0 Å². The van der Waals surface area contributed by atoms with Crippen LogP contribution in [0.25, 0.3) is 6.08 Å². The lowest BCUT2D eigenvalue weighted by Gasteiger charge is -2.42. The summed E-state index contributed by atoms with van der Waals surface area (Å²) < 4.78 is 11.8. The lowest BCUT2D eigenvalue weighted by molar-refractivity contribution is 0.281. The first-order valence-electron chi connectivity index (χ1n) is 8.43. The molecule has 0 saturated heterocycles. The fraction of sp³-hybridized carbons (Fsp3) is 0.722. The van der Waals surface area contributed by atoms with Crippen molar-refractivity contribution in [2.75, 3.05) is 6.61 Å². The Labute approximate surface area is 137 Å². The van der Waals surface area contributed by atoms with Gasteiger partial charge in [-0.25, -0.2) is 4.98 Å². The van der Waals surface area contributed by atoms with Crippen LogP contribution in [0.1, 0.15) is 66.5 Å². The highest BCUT2D eigenvalue weighted by Gasteiger charge is 2.44. The van der Waals surface area contributed by atoms with E-state index < -0.39 is 8.32 Å². The predicted octanol–water partition coefficient (Wildman–Crippen LogP) is 5.97. The number of aryl methyl sites for hydroxylation is 1. The number of rotatable bonds is 8. The van der Waals surface area contributed by atoms with Gasteiger partial charge in [0.15, 0.2) is 14.2 Å². The van der Waals surface area contributed by atoms with Crippen molar-refractivity contribution in [3.63, 3.8) is 0 Å². The zero-order valence-corrected chi connectivity index (χ0v) is 16.6. The fourth-order valence-corrected chi connectivity index (χ4v) is 9.12. The molecule has 1 aromatic heterocycles. The van der Waals surface area contributed by atoms with Gasteiger partial charge in [-0.1, -0.05) is 47.1 Å². The Morgan fingerprint density at radius 1 is 1.18 bits per heavy atom. The summed E-state index contributed by atoms with van der Waals surface area (Å²) >= 11 is 0. The first-order chi connectivity index (χ1) is 10.2. The van der Waals surface area contributed by atoms with Crippen molar-refractivity contribution < 1.29 is 8.84 Å². The van der Waals surface area contributed by atoms with Gasteiger partial charge in [0.05, 0.1) is 0 Å². The van der Waals surface area contributed by atoms with E-state index in [1.165, 1.54) is 5.57 Å². The fourth-order valence-electron chi connectivity index (χ4n) is 3.66. The van der Waals surface area contributed by atoms with E-state index in [2.05, 4.69) is 59.5 Å². The predicted molar refractivity (Wildman–Crippen MR) is 96.5 cm³/mol. The van der Waals surface area contributed by atoms with E-state index in [1.807, 2.05) is 6.92 Å². The molecule has 0 radical (unpaired) electrons. The Balaban J connectivity index is 2.68. The summed E-state index contributed by atoms with van der Waals surface area (Å²) in [5, 5.41) is 0. The number of oxazole rings is 1. The highest BCUT2D eigenvalue weighted by atomic mass is 28.4. The van der Waals surface area contributed by atoms with Crippen LogP contribution in [0.3, 0.4) is 0 Å². The zero-order chi connectivity index (χ0) is 16.9. The van der Waals surface area contributed by atoms with Crippen LogP contribution in [0, 0.1) is 6.92 Å². The molecule has 0 unspecified atom stereocenters. The second kappa shape index (κ2) is 8.11. The molecule has 22 heavy (non-hydrogen) atoms. The van der Waals surface area contributed by atoms with Crippen LogP contribution in [0.5, 0.6) is 0 Å². The molecule has 4 heteroatoms. The summed E-state index contributed by atoms with van der Waals surface area (Å²) in [5.41, 5.74) is 4.09. The van der Waals surface area contributed by atoms with E-state index in [0.717, 1.165) is 18.7 Å². The molecule has 1 aromatic rings. The summed E-state index contributed by atoms with van der Waals surface area (Å²) in [6.45, 7) is 18.8. The maximum Gasteiger partial charge on any atom is 0.200 e. The Hall–Kier alpha value is -0.873. The molecule has 0 fully saturated rings. The van der Waals surface area contributed by atoms with Crippen LogP contribution in [-0.2, 0) is 4.43 Å². The van der Waals surface area contributed by atoms with Crippen LogP contribution in [0.15, 0.2) is 16.3 Å². The van der Waals surface area contributed by atoms with Crippen molar-refractivity contribution in [2.24, 2.45) is 0 Å². The number of hydrogen-bond acceptors (Lipinski definition) is 3. The molecule has 1 heterocycles. The summed E-state index contributed by atoms with van der Waals surface area (Å²) in [6, 6.07) is 0. The standard InChI is InChI=1S/C18H33NO2Si/c1-13(2)22(14(3)4,15(5)6)21-10-9-16(7)11-18-12-20-17(8)19-18/h11-15H,9-10H2,1-8H3/b16-11+. The van der Waals surface area contributed by atoms with Crippen molar-refractivity contribution >= 4 is 14.4 Å². The molecular weight excluding hydrogens is 290 g/mol. The van der Waals surface area contributed by atoms with Gasteiger partial charge in [-0.3, -0.25) is 0 Å². The second-order valence-corrected chi connectivity index (χ2v) is 12.7. The van der Waals surface area contributed by atoms with Crippen LogP contribution >= 0.6 is 0 Å². The monoisotopic (exact) mass is 323 g/mol. The number of hydrogen-bond donors (Lipinski definition) is 0. The molecule has 0 atom stereocenters. The van der Waals surface area contributed by atoms with Gasteiger partial charge in [-0.15, -0.1) is 0 Å². The third-order valence-electron chi connectivity index (χ3n) is 4.59. The van der Waals surface area contributed by atoms with Crippen molar-refractivity contribution in [3.8, 4) is 0 Å². The largest absolute Gasteiger partial charge is 0.449 e. The van der Waals surface area contributed by atoms with Crippen molar-refractivity contribution in [3.05, 3.63) is 23.4 Å². The topological polar surface area (TPSA) is 35.3 Å². The van der Waals surface area contributed by atoms with E-state index in [1.54, 1.807) is 6.26 Å². The third kappa shape index (κ3) is 4.56. The van der Waals surface area contributed by atoms with Gasteiger partial charge in [0.1, 0.15) is 12.0 Å². The Kier molecular flexibility index (Phi) is 7.07. The summed E-state index contributed by atoms with van der Waals surface area (Å²) in [6.07, 6.45) is 4.74. The SMILES string of the molecule is C/C(=C\c1coc(C)n1)CCO[Si](C(C)C)(C(C)C)C(C)C. The average Bonchev–Trinajstić information content (AvgIpc) is 2.78. The van der Waals surface area contributed by atoms with Gasteiger partial charge in [0.2, 0.25) is 0 Å². The molecule has 0 aliphatic rings. The molecule has 0 aromatic carbocycles. The van der Waals surface area contributed by atoms with Gasteiger partial charge >= 0.3 is 0 Å². The summed E-state index contributed by atoms with van der Waals surface area (Å²) in [5.74, 6) is 0.709. The maximum atomic E-state index is 6.58. The van der Waals surface area contributed by atoms with E-state index in [-0.39, 0.29) is 0 Å². The first-order valence-corrected chi connectivity index (χ1v) is 10.6. The van der Waals surface area contributed by atoms with E-state index in [4.69, 9.17) is 8.84 Å². The molecule has 3 nitrogen and oxygen atoms in total. The number of nitrogens with zero attached hydrogens (tertiary/aromatic N) is 1. The summed E-state index contributed by atoms with van der Waals surface area (Å²) in [4.78, 5) is 4.32. The number of aromatic nitrogens is 1. The van der Waals surface area contributed by atoms with Crippen LogP contribution in [0.2, 0.25) is 16.6 Å². The van der Waals surface area contributed by atoms with Gasteiger partial charge in [-0.05, 0) is 36.0 Å². The Morgan fingerprint density at radius 3 is 2.14 bits per heavy atom. The molecule has 0 bridgehead atoms. The minimum atomic E-state index is -1.74. The smallest absolute Gasteiger partial charge is 0.200 e. The third-order valence-corrected chi connectivity index (χ3v) is 10.7. The van der Waals surface area contributed by atoms with Crippen LogP contribution < -0.4 is 0 Å². The van der Waals surface area contributed by atoms with Crippen LogP contribution in [-0.4, -0.2) is 19.9 Å².